The number of carbonyl (C=O) groups is 1. The lowest BCUT2D eigenvalue weighted by molar-refractivity contribution is -0.141. The van der Waals surface area contributed by atoms with Crippen molar-refractivity contribution < 1.29 is 28.8 Å². The van der Waals surface area contributed by atoms with Gasteiger partial charge in [-0.3, -0.25) is 4.79 Å². The standard InChI is InChI=1S/C16H32O6/c1-5-19-6-7-20-8-9-21-15(11-16(17)18)10-14(4)22-12-13(2)3/h13-15H,5-12H2,1-4H3,(H,17,18). The van der Waals surface area contributed by atoms with Crippen molar-refractivity contribution >= 4 is 5.97 Å². The average molecular weight is 320 g/mol. The van der Waals surface area contributed by atoms with Gasteiger partial charge < -0.3 is 24.1 Å². The smallest absolute Gasteiger partial charge is 0.305 e. The van der Waals surface area contributed by atoms with Crippen molar-refractivity contribution in [3.05, 3.63) is 0 Å². The second-order valence-electron chi connectivity index (χ2n) is 5.67. The van der Waals surface area contributed by atoms with Gasteiger partial charge in [0.2, 0.25) is 0 Å². The van der Waals surface area contributed by atoms with E-state index >= 15 is 0 Å². The highest BCUT2D eigenvalue weighted by Gasteiger charge is 2.18. The third-order valence-electron chi connectivity index (χ3n) is 2.87. The van der Waals surface area contributed by atoms with Crippen LogP contribution < -0.4 is 0 Å². The minimum absolute atomic E-state index is 0.0195. The van der Waals surface area contributed by atoms with Gasteiger partial charge in [0.25, 0.3) is 0 Å². The minimum Gasteiger partial charge on any atom is -0.481 e. The molecular formula is C16H32O6. The topological polar surface area (TPSA) is 74.2 Å². The molecule has 22 heavy (non-hydrogen) atoms. The molecule has 6 heteroatoms. The van der Waals surface area contributed by atoms with Crippen LogP contribution in [0.5, 0.6) is 0 Å². The zero-order chi connectivity index (χ0) is 16.8. The summed E-state index contributed by atoms with van der Waals surface area (Å²) in [6.07, 6.45) is 0.174. The van der Waals surface area contributed by atoms with Gasteiger partial charge in [-0.25, -0.2) is 0 Å². The Kier molecular flexibility index (Phi) is 13.5. The molecule has 0 aliphatic heterocycles. The van der Waals surface area contributed by atoms with Gasteiger partial charge in [0.1, 0.15) is 0 Å². The Bertz CT molecular complexity index is 269. The molecule has 0 saturated heterocycles. The molecule has 0 bridgehead atoms. The lowest BCUT2D eigenvalue weighted by atomic mass is 10.1. The van der Waals surface area contributed by atoms with Crippen LogP contribution in [0.1, 0.15) is 40.5 Å². The van der Waals surface area contributed by atoms with E-state index in [1.807, 2.05) is 13.8 Å². The normalized spacial score (nSPS) is 14.2. The van der Waals surface area contributed by atoms with E-state index in [4.69, 9.17) is 24.1 Å². The largest absolute Gasteiger partial charge is 0.481 e. The van der Waals surface area contributed by atoms with Crippen molar-refractivity contribution in [1.29, 1.82) is 0 Å². The van der Waals surface area contributed by atoms with Gasteiger partial charge in [0, 0.05) is 19.6 Å². The summed E-state index contributed by atoms with van der Waals surface area (Å²) in [5, 5.41) is 8.95. The Labute approximate surface area is 134 Å². The van der Waals surface area contributed by atoms with Crippen LogP contribution in [0.3, 0.4) is 0 Å². The van der Waals surface area contributed by atoms with Gasteiger partial charge in [-0.1, -0.05) is 13.8 Å². The Hall–Kier alpha value is -0.690. The molecule has 132 valence electrons. The summed E-state index contributed by atoms with van der Waals surface area (Å²) < 4.78 is 21.8. The molecule has 2 unspecified atom stereocenters. The maximum Gasteiger partial charge on any atom is 0.305 e. The van der Waals surface area contributed by atoms with Crippen LogP contribution in [0.4, 0.5) is 0 Å². The number of ether oxygens (including phenoxy) is 4. The van der Waals surface area contributed by atoms with Crippen molar-refractivity contribution in [1.82, 2.24) is 0 Å². The number of hydrogen-bond acceptors (Lipinski definition) is 5. The molecule has 0 aliphatic carbocycles. The van der Waals surface area contributed by atoms with Gasteiger partial charge in [-0.15, -0.1) is 0 Å². The number of carboxylic acid groups (broad SMARTS) is 1. The molecule has 0 amide bonds. The zero-order valence-electron chi connectivity index (χ0n) is 14.4. The first-order valence-electron chi connectivity index (χ1n) is 8.06. The highest BCUT2D eigenvalue weighted by atomic mass is 16.5. The number of hydrogen-bond donors (Lipinski definition) is 1. The first-order chi connectivity index (χ1) is 10.5. The van der Waals surface area contributed by atoms with Gasteiger partial charge in [-0.2, -0.15) is 0 Å². The van der Waals surface area contributed by atoms with E-state index < -0.39 is 5.97 Å². The monoisotopic (exact) mass is 320 g/mol. The highest BCUT2D eigenvalue weighted by molar-refractivity contribution is 5.67. The van der Waals surface area contributed by atoms with Crippen LogP contribution in [-0.2, 0) is 23.7 Å². The Morgan fingerprint density at radius 1 is 1.00 bits per heavy atom. The van der Waals surface area contributed by atoms with Gasteiger partial charge in [0.15, 0.2) is 0 Å². The molecule has 0 aliphatic rings. The number of rotatable bonds is 15. The highest BCUT2D eigenvalue weighted by Crippen LogP contribution is 2.11. The summed E-state index contributed by atoms with van der Waals surface area (Å²) in [6.45, 7) is 11.3. The van der Waals surface area contributed by atoms with Gasteiger partial charge in [-0.05, 0) is 19.8 Å². The van der Waals surface area contributed by atoms with Crippen molar-refractivity contribution in [2.75, 3.05) is 39.6 Å². The van der Waals surface area contributed by atoms with E-state index in [0.29, 0.717) is 52.0 Å². The number of aliphatic carboxylic acids is 1. The van der Waals surface area contributed by atoms with E-state index in [0.717, 1.165) is 0 Å². The molecule has 0 aromatic heterocycles. The maximum absolute atomic E-state index is 10.9. The van der Waals surface area contributed by atoms with Gasteiger partial charge in [0.05, 0.1) is 45.1 Å². The quantitative estimate of drug-likeness (QED) is 0.467. The predicted molar refractivity (Wildman–Crippen MR) is 84.2 cm³/mol. The minimum atomic E-state index is -0.863. The lowest BCUT2D eigenvalue weighted by Crippen LogP contribution is -2.26. The van der Waals surface area contributed by atoms with Crippen molar-refractivity contribution in [2.24, 2.45) is 5.92 Å². The zero-order valence-corrected chi connectivity index (χ0v) is 14.4. The molecule has 0 fully saturated rings. The van der Waals surface area contributed by atoms with Crippen LogP contribution in [-0.4, -0.2) is 62.9 Å². The molecule has 0 saturated carbocycles. The predicted octanol–water partition coefficient (Wildman–Crippen LogP) is 2.35. The number of carboxylic acids is 1. The first-order valence-corrected chi connectivity index (χ1v) is 8.06. The molecular weight excluding hydrogens is 288 g/mol. The molecule has 1 N–H and O–H groups in total. The SMILES string of the molecule is CCOCCOCCOC(CC(=O)O)CC(C)OCC(C)C. The molecule has 0 aromatic rings. The van der Waals surface area contributed by atoms with E-state index in [9.17, 15) is 4.79 Å². The molecule has 6 nitrogen and oxygen atoms in total. The Balaban J connectivity index is 3.89. The van der Waals surface area contributed by atoms with Crippen molar-refractivity contribution in [2.45, 2.75) is 52.7 Å². The third-order valence-corrected chi connectivity index (χ3v) is 2.87. The summed E-state index contributed by atoms with van der Waals surface area (Å²) in [7, 11) is 0. The van der Waals surface area contributed by atoms with Crippen LogP contribution >= 0.6 is 0 Å². The Morgan fingerprint density at radius 2 is 1.64 bits per heavy atom. The molecule has 0 heterocycles. The molecule has 0 aromatic carbocycles. The van der Waals surface area contributed by atoms with Crippen LogP contribution in [0, 0.1) is 5.92 Å². The molecule has 0 rings (SSSR count). The van der Waals surface area contributed by atoms with Gasteiger partial charge >= 0.3 is 5.97 Å². The summed E-state index contributed by atoms with van der Waals surface area (Å²) in [4.78, 5) is 10.9. The van der Waals surface area contributed by atoms with Crippen molar-refractivity contribution in [3.8, 4) is 0 Å². The van der Waals surface area contributed by atoms with Crippen molar-refractivity contribution in [3.63, 3.8) is 0 Å². The van der Waals surface area contributed by atoms with E-state index in [-0.39, 0.29) is 18.6 Å². The van der Waals surface area contributed by atoms with Crippen LogP contribution in [0.25, 0.3) is 0 Å². The van der Waals surface area contributed by atoms with E-state index in [1.54, 1.807) is 0 Å². The fraction of sp³-hybridized carbons (Fsp3) is 0.938. The maximum atomic E-state index is 10.9. The average Bonchev–Trinajstić information content (AvgIpc) is 2.43. The summed E-state index contributed by atoms with van der Waals surface area (Å²) in [5.41, 5.74) is 0. The third kappa shape index (κ3) is 14.3. The summed E-state index contributed by atoms with van der Waals surface area (Å²) in [5.74, 6) is -0.404. The second kappa shape index (κ2) is 13.9. The van der Waals surface area contributed by atoms with E-state index in [2.05, 4.69) is 13.8 Å². The second-order valence-corrected chi connectivity index (χ2v) is 5.67. The fourth-order valence-electron chi connectivity index (χ4n) is 1.84. The first kappa shape index (κ1) is 21.3. The van der Waals surface area contributed by atoms with Crippen LogP contribution in [0.2, 0.25) is 0 Å². The lowest BCUT2D eigenvalue weighted by Gasteiger charge is -2.21. The molecule has 2 atom stereocenters. The summed E-state index contributed by atoms with van der Waals surface area (Å²) >= 11 is 0. The van der Waals surface area contributed by atoms with E-state index in [1.165, 1.54) is 0 Å². The molecule has 0 spiro atoms. The molecule has 0 radical (unpaired) electrons. The fourth-order valence-corrected chi connectivity index (χ4v) is 1.84. The summed E-state index contributed by atoms with van der Waals surface area (Å²) in [6, 6.07) is 0. The Morgan fingerprint density at radius 3 is 2.23 bits per heavy atom. The van der Waals surface area contributed by atoms with Crippen LogP contribution in [0.15, 0.2) is 0 Å².